The van der Waals surface area contributed by atoms with Crippen molar-refractivity contribution >= 4 is 17.2 Å². The average molecular weight is 239 g/mol. The topological polar surface area (TPSA) is 29.5 Å². The zero-order chi connectivity index (χ0) is 11.7. The molecule has 0 N–H and O–H groups in total. The van der Waals surface area contributed by atoms with Crippen molar-refractivity contribution in [1.82, 2.24) is 4.90 Å². The quantitative estimate of drug-likeness (QED) is 0.752. The lowest BCUT2D eigenvalue weighted by Gasteiger charge is -2.35. The summed E-state index contributed by atoms with van der Waals surface area (Å²) in [5.74, 6) is 0.131. The fourth-order valence-electron chi connectivity index (χ4n) is 2.08. The van der Waals surface area contributed by atoms with E-state index >= 15 is 0 Å². The van der Waals surface area contributed by atoms with Gasteiger partial charge in [0.05, 0.1) is 17.8 Å². The van der Waals surface area contributed by atoms with Crippen LogP contribution in [0.4, 0.5) is 0 Å². The van der Waals surface area contributed by atoms with Crippen molar-refractivity contribution in [1.29, 1.82) is 0 Å². The molecule has 2 atom stereocenters. The van der Waals surface area contributed by atoms with E-state index in [4.69, 9.17) is 4.74 Å². The molecular formula is C12H17NO2S. The maximum atomic E-state index is 12.2. The summed E-state index contributed by atoms with van der Waals surface area (Å²) in [6.07, 6.45) is 0.264. The molecule has 0 unspecified atom stereocenters. The van der Waals surface area contributed by atoms with Gasteiger partial charge in [0.25, 0.3) is 5.91 Å². The van der Waals surface area contributed by atoms with Crippen molar-refractivity contribution in [2.24, 2.45) is 0 Å². The van der Waals surface area contributed by atoms with Crippen molar-refractivity contribution in [3.8, 4) is 0 Å². The Balaban J connectivity index is 2.09. The molecule has 0 spiro atoms. The van der Waals surface area contributed by atoms with E-state index in [0.29, 0.717) is 13.1 Å². The molecule has 1 aliphatic rings. The Kier molecular flexibility index (Phi) is 3.30. The largest absolute Gasteiger partial charge is 0.372 e. The third-order valence-corrected chi connectivity index (χ3v) is 3.55. The summed E-state index contributed by atoms with van der Waals surface area (Å²) >= 11 is 1.62. The monoisotopic (exact) mass is 239 g/mol. The number of hydrogen-bond acceptors (Lipinski definition) is 3. The van der Waals surface area contributed by atoms with E-state index < -0.39 is 0 Å². The van der Waals surface area contributed by atoms with Crippen molar-refractivity contribution in [3.63, 3.8) is 0 Å². The van der Waals surface area contributed by atoms with Gasteiger partial charge in [0.1, 0.15) is 0 Å². The van der Waals surface area contributed by atoms with Gasteiger partial charge < -0.3 is 9.64 Å². The minimum absolute atomic E-state index is 0.131. The standard InChI is InChI=1S/C12H17NO2S/c1-8-5-13(6-9(2)15-8)12(14)11-4-10(3)16-7-11/h4,7-9H,5-6H2,1-3H3/t8-,9-/m0/s1. The first-order chi connectivity index (χ1) is 7.56. The molecule has 0 bridgehead atoms. The van der Waals surface area contributed by atoms with Gasteiger partial charge in [-0.3, -0.25) is 4.79 Å². The molecule has 1 fully saturated rings. The Hall–Kier alpha value is -0.870. The molecule has 1 saturated heterocycles. The molecule has 3 nitrogen and oxygen atoms in total. The van der Waals surface area contributed by atoms with Gasteiger partial charge in [0, 0.05) is 23.3 Å². The second kappa shape index (κ2) is 4.55. The minimum atomic E-state index is 0.131. The lowest BCUT2D eigenvalue weighted by Crippen LogP contribution is -2.48. The third kappa shape index (κ3) is 2.44. The second-order valence-electron chi connectivity index (χ2n) is 4.41. The zero-order valence-corrected chi connectivity index (χ0v) is 10.7. The van der Waals surface area contributed by atoms with Crippen LogP contribution in [0.2, 0.25) is 0 Å². The van der Waals surface area contributed by atoms with E-state index in [-0.39, 0.29) is 18.1 Å². The Labute approximate surface area is 100 Å². The van der Waals surface area contributed by atoms with Crippen LogP contribution in [0.5, 0.6) is 0 Å². The molecule has 1 amide bonds. The highest BCUT2D eigenvalue weighted by Gasteiger charge is 2.26. The van der Waals surface area contributed by atoms with Gasteiger partial charge in [-0.1, -0.05) is 0 Å². The fourth-order valence-corrected chi connectivity index (χ4v) is 2.76. The minimum Gasteiger partial charge on any atom is -0.372 e. The Bertz CT molecular complexity index is 378. The maximum Gasteiger partial charge on any atom is 0.254 e. The number of ether oxygens (including phenoxy) is 1. The number of hydrogen-bond donors (Lipinski definition) is 0. The van der Waals surface area contributed by atoms with Gasteiger partial charge in [0.15, 0.2) is 0 Å². The van der Waals surface area contributed by atoms with Crippen LogP contribution in [0.25, 0.3) is 0 Å². The molecule has 16 heavy (non-hydrogen) atoms. The molecule has 0 saturated carbocycles. The molecule has 2 heterocycles. The van der Waals surface area contributed by atoms with Crippen molar-refractivity contribution in [2.75, 3.05) is 13.1 Å². The normalized spacial score (nSPS) is 25.8. The first kappa shape index (κ1) is 11.6. The number of nitrogens with zero attached hydrogens (tertiary/aromatic N) is 1. The van der Waals surface area contributed by atoms with Crippen LogP contribution in [0.3, 0.4) is 0 Å². The van der Waals surface area contributed by atoms with Gasteiger partial charge in [-0.25, -0.2) is 0 Å². The number of amides is 1. The van der Waals surface area contributed by atoms with Gasteiger partial charge >= 0.3 is 0 Å². The van der Waals surface area contributed by atoms with E-state index in [9.17, 15) is 4.79 Å². The first-order valence-electron chi connectivity index (χ1n) is 5.56. The number of carbonyl (C=O) groups is 1. The number of rotatable bonds is 1. The summed E-state index contributed by atoms with van der Waals surface area (Å²) in [5.41, 5.74) is 0.809. The Morgan fingerprint density at radius 2 is 2.06 bits per heavy atom. The van der Waals surface area contributed by atoms with Crippen molar-refractivity contribution < 1.29 is 9.53 Å². The van der Waals surface area contributed by atoms with Gasteiger partial charge in [0.2, 0.25) is 0 Å². The van der Waals surface area contributed by atoms with Crippen LogP contribution >= 0.6 is 11.3 Å². The predicted octanol–water partition coefficient (Wildman–Crippen LogP) is 2.31. The molecule has 0 aliphatic carbocycles. The number of morpholine rings is 1. The molecule has 0 aromatic carbocycles. The van der Waals surface area contributed by atoms with Crippen LogP contribution in [0, 0.1) is 6.92 Å². The summed E-state index contributed by atoms with van der Waals surface area (Å²) in [6.45, 7) is 7.42. The van der Waals surface area contributed by atoms with E-state index in [1.165, 1.54) is 4.88 Å². The van der Waals surface area contributed by atoms with Crippen LogP contribution in [0.15, 0.2) is 11.4 Å². The summed E-state index contributed by atoms with van der Waals surface area (Å²) in [6, 6.07) is 1.96. The smallest absolute Gasteiger partial charge is 0.254 e. The lowest BCUT2D eigenvalue weighted by atomic mass is 10.2. The summed E-state index contributed by atoms with van der Waals surface area (Å²) in [4.78, 5) is 15.2. The number of aryl methyl sites for hydroxylation is 1. The summed E-state index contributed by atoms with van der Waals surface area (Å²) in [7, 11) is 0. The average Bonchev–Trinajstić information content (AvgIpc) is 2.62. The van der Waals surface area contributed by atoms with Gasteiger partial charge in [-0.15, -0.1) is 11.3 Å². The molecule has 1 aliphatic heterocycles. The molecular weight excluding hydrogens is 222 g/mol. The first-order valence-corrected chi connectivity index (χ1v) is 6.44. The summed E-state index contributed by atoms with van der Waals surface area (Å²) in [5, 5.41) is 1.93. The van der Waals surface area contributed by atoms with E-state index in [2.05, 4.69) is 0 Å². The SMILES string of the molecule is Cc1cc(C(=O)N2C[C@H](C)O[C@@H](C)C2)cs1. The summed E-state index contributed by atoms with van der Waals surface area (Å²) < 4.78 is 5.62. The van der Waals surface area contributed by atoms with E-state index in [1.54, 1.807) is 11.3 Å². The van der Waals surface area contributed by atoms with E-state index in [0.717, 1.165) is 5.56 Å². The van der Waals surface area contributed by atoms with E-state index in [1.807, 2.05) is 37.1 Å². The highest BCUT2D eigenvalue weighted by Crippen LogP contribution is 2.18. The molecule has 4 heteroatoms. The van der Waals surface area contributed by atoms with Gasteiger partial charge in [-0.2, -0.15) is 0 Å². The third-order valence-electron chi connectivity index (χ3n) is 2.68. The van der Waals surface area contributed by atoms with Crippen molar-refractivity contribution in [3.05, 3.63) is 21.9 Å². The van der Waals surface area contributed by atoms with Crippen LogP contribution in [-0.4, -0.2) is 36.1 Å². The zero-order valence-electron chi connectivity index (χ0n) is 9.90. The molecule has 88 valence electrons. The molecule has 2 rings (SSSR count). The van der Waals surface area contributed by atoms with Crippen LogP contribution in [-0.2, 0) is 4.74 Å². The molecule has 0 radical (unpaired) electrons. The molecule has 1 aromatic heterocycles. The predicted molar refractivity (Wildman–Crippen MR) is 65.0 cm³/mol. The maximum absolute atomic E-state index is 12.2. The Morgan fingerprint density at radius 3 is 2.56 bits per heavy atom. The highest BCUT2D eigenvalue weighted by atomic mass is 32.1. The Morgan fingerprint density at radius 1 is 1.44 bits per heavy atom. The number of thiophene rings is 1. The number of carbonyl (C=O) groups excluding carboxylic acids is 1. The highest BCUT2D eigenvalue weighted by molar-refractivity contribution is 7.10. The fraction of sp³-hybridized carbons (Fsp3) is 0.583. The van der Waals surface area contributed by atoms with Crippen LogP contribution in [0.1, 0.15) is 29.1 Å². The second-order valence-corrected chi connectivity index (χ2v) is 5.53. The molecule has 1 aromatic rings. The van der Waals surface area contributed by atoms with Crippen LogP contribution < -0.4 is 0 Å². The lowest BCUT2D eigenvalue weighted by molar-refractivity contribution is -0.0586. The van der Waals surface area contributed by atoms with Crippen molar-refractivity contribution in [2.45, 2.75) is 33.0 Å². The van der Waals surface area contributed by atoms with Gasteiger partial charge in [-0.05, 0) is 26.8 Å².